The van der Waals surface area contributed by atoms with Gasteiger partial charge in [-0.3, -0.25) is 10.1 Å². The molecule has 0 bridgehead atoms. The van der Waals surface area contributed by atoms with Crippen molar-refractivity contribution in [3.8, 4) is 0 Å². The van der Waals surface area contributed by atoms with Crippen LogP contribution in [0.15, 0.2) is 18.2 Å². The largest absolute Gasteiger partial charge is 0.392 e. The van der Waals surface area contributed by atoms with Crippen molar-refractivity contribution in [1.82, 2.24) is 0 Å². The van der Waals surface area contributed by atoms with Gasteiger partial charge in [0.25, 0.3) is 5.69 Å². The molecule has 18 heavy (non-hydrogen) atoms. The van der Waals surface area contributed by atoms with E-state index >= 15 is 0 Å². The van der Waals surface area contributed by atoms with Crippen LogP contribution in [0, 0.1) is 10.1 Å². The lowest BCUT2D eigenvalue weighted by molar-refractivity contribution is -0.384. The number of non-ortho nitro benzene ring substituents is 1. The van der Waals surface area contributed by atoms with Crippen molar-refractivity contribution in [3.63, 3.8) is 0 Å². The number of aliphatic hydroxyl groups excluding tert-OH is 1. The molecule has 1 aromatic carbocycles. The predicted molar refractivity (Wildman–Crippen MR) is 73.2 cm³/mol. The maximum Gasteiger partial charge on any atom is 0.269 e. The fraction of sp³-hybridized carbons (Fsp3) is 0.500. The Morgan fingerprint density at radius 3 is 3.00 bits per heavy atom. The highest BCUT2D eigenvalue weighted by Crippen LogP contribution is 2.30. The van der Waals surface area contributed by atoms with Crippen LogP contribution in [0.5, 0.6) is 0 Å². The van der Waals surface area contributed by atoms with Gasteiger partial charge in [0.2, 0.25) is 0 Å². The van der Waals surface area contributed by atoms with E-state index in [0.29, 0.717) is 11.6 Å². The summed E-state index contributed by atoms with van der Waals surface area (Å²) in [5.41, 5.74) is 1.57. The summed E-state index contributed by atoms with van der Waals surface area (Å²) in [6.07, 6.45) is 0. The van der Waals surface area contributed by atoms with Gasteiger partial charge in [-0.05, 0) is 13.0 Å². The molecule has 0 saturated carbocycles. The minimum atomic E-state index is -0.432. The number of hydrogen-bond acceptors (Lipinski definition) is 5. The highest BCUT2D eigenvalue weighted by molar-refractivity contribution is 7.99. The zero-order valence-corrected chi connectivity index (χ0v) is 11.0. The lowest BCUT2D eigenvalue weighted by Gasteiger charge is -2.36. The second-order valence-electron chi connectivity index (χ2n) is 4.35. The fourth-order valence-electron chi connectivity index (χ4n) is 2.18. The number of thioether (sulfide) groups is 1. The maximum absolute atomic E-state index is 10.7. The Balaban J connectivity index is 2.34. The van der Waals surface area contributed by atoms with Crippen molar-refractivity contribution in [1.29, 1.82) is 0 Å². The Morgan fingerprint density at radius 2 is 2.39 bits per heavy atom. The van der Waals surface area contributed by atoms with Crippen LogP contribution in [0.3, 0.4) is 0 Å². The van der Waals surface area contributed by atoms with E-state index in [4.69, 9.17) is 0 Å². The summed E-state index contributed by atoms with van der Waals surface area (Å²) in [4.78, 5) is 12.5. The highest BCUT2D eigenvalue weighted by Gasteiger charge is 2.22. The van der Waals surface area contributed by atoms with Gasteiger partial charge in [0, 0.05) is 47.5 Å². The number of benzene rings is 1. The van der Waals surface area contributed by atoms with Gasteiger partial charge in [0.1, 0.15) is 0 Å². The van der Waals surface area contributed by atoms with Crippen molar-refractivity contribution >= 4 is 23.1 Å². The summed E-state index contributed by atoms with van der Waals surface area (Å²) >= 11 is 1.91. The number of nitro benzene ring substituents is 1. The van der Waals surface area contributed by atoms with Crippen LogP contribution in [-0.4, -0.2) is 34.1 Å². The topological polar surface area (TPSA) is 66.6 Å². The highest BCUT2D eigenvalue weighted by atomic mass is 32.2. The first-order chi connectivity index (χ1) is 8.63. The molecule has 5 nitrogen and oxygen atoms in total. The fourth-order valence-corrected chi connectivity index (χ4v) is 3.19. The van der Waals surface area contributed by atoms with Gasteiger partial charge in [0.05, 0.1) is 11.5 Å². The third-order valence-corrected chi connectivity index (χ3v) is 4.31. The van der Waals surface area contributed by atoms with Crippen molar-refractivity contribution in [2.45, 2.75) is 19.6 Å². The van der Waals surface area contributed by atoms with E-state index in [-0.39, 0.29) is 12.3 Å². The number of aliphatic hydroxyl groups is 1. The minimum absolute atomic E-state index is 0.0295. The molecule has 0 aliphatic carbocycles. The van der Waals surface area contributed by atoms with Crippen molar-refractivity contribution < 1.29 is 10.0 Å². The Bertz CT molecular complexity index is 453. The van der Waals surface area contributed by atoms with Gasteiger partial charge in [-0.2, -0.15) is 11.8 Å². The molecular formula is C12H16N2O3S. The summed E-state index contributed by atoms with van der Waals surface area (Å²) in [6.45, 7) is 2.87. The molecule has 1 fully saturated rings. The second kappa shape index (κ2) is 5.58. The molecule has 98 valence electrons. The van der Waals surface area contributed by atoms with E-state index in [1.165, 1.54) is 12.1 Å². The van der Waals surface area contributed by atoms with E-state index in [1.54, 1.807) is 6.07 Å². The minimum Gasteiger partial charge on any atom is -0.392 e. The molecule has 1 aliphatic heterocycles. The lowest BCUT2D eigenvalue weighted by Crippen LogP contribution is -2.40. The maximum atomic E-state index is 10.7. The molecular weight excluding hydrogens is 252 g/mol. The van der Waals surface area contributed by atoms with E-state index < -0.39 is 4.92 Å². The molecule has 6 heteroatoms. The predicted octanol–water partition coefficient (Wildman–Crippen LogP) is 2.03. The molecule has 0 aromatic heterocycles. The third kappa shape index (κ3) is 2.59. The quantitative estimate of drug-likeness (QED) is 0.671. The zero-order valence-electron chi connectivity index (χ0n) is 10.2. The van der Waals surface area contributed by atoms with Gasteiger partial charge in [-0.25, -0.2) is 0 Å². The first kappa shape index (κ1) is 13.2. The van der Waals surface area contributed by atoms with Gasteiger partial charge < -0.3 is 10.0 Å². The number of nitrogens with zero attached hydrogens (tertiary/aromatic N) is 2. The lowest BCUT2D eigenvalue weighted by atomic mass is 10.1. The summed E-state index contributed by atoms with van der Waals surface area (Å²) in [7, 11) is 0. The molecule has 0 radical (unpaired) electrons. The standard InChI is InChI=1S/C12H16N2O3S/c1-9-8-18-5-4-13(9)12-3-2-11(14(16)17)6-10(12)7-15/h2-3,6,9,15H,4-5,7-8H2,1H3. The smallest absolute Gasteiger partial charge is 0.269 e. The Morgan fingerprint density at radius 1 is 1.61 bits per heavy atom. The average molecular weight is 268 g/mol. The van der Waals surface area contributed by atoms with Crippen LogP contribution in [-0.2, 0) is 6.61 Å². The Kier molecular flexibility index (Phi) is 4.08. The van der Waals surface area contributed by atoms with Crippen LogP contribution in [0.25, 0.3) is 0 Å². The number of hydrogen-bond donors (Lipinski definition) is 1. The van der Waals surface area contributed by atoms with Crippen molar-refractivity contribution in [3.05, 3.63) is 33.9 Å². The molecule has 1 aromatic rings. The van der Waals surface area contributed by atoms with Crippen LogP contribution in [0.4, 0.5) is 11.4 Å². The zero-order chi connectivity index (χ0) is 13.1. The normalized spacial score (nSPS) is 19.9. The van der Waals surface area contributed by atoms with Gasteiger partial charge >= 0.3 is 0 Å². The molecule has 0 spiro atoms. The first-order valence-electron chi connectivity index (χ1n) is 5.86. The summed E-state index contributed by atoms with van der Waals surface area (Å²) < 4.78 is 0. The van der Waals surface area contributed by atoms with E-state index in [2.05, 4.69) is 11.8 Å². The average Bonchev–Trinajstić information content (AvgIpc) is 2.38. The molecule has 1 heterocycles. The van der Waals surface area contributed by atoms with Crippen molar-refractivity contribution in [2.75, 3.05) is 23.0 Å². The molecule has 1 N–H and O–H groups in total. The number of rotatable bonds is 3. The van der Waals surface area contributed by atoms with Crippen LogP contribution in [0.2, 0.25) is 0 Å². The molecule has 1 atom stereocenters. The van der Waals surface area contributed by atoms with Gasteiger partial charge in [-0.15, -0.1) is 0 Å². The van der Waals surface area contributed by atoms with Crippen LogP contribution < -0.4 is 4.90 Å². The Labute approximate surface area is 110 Å². The molecule has 2 rings (SSSR count). The Hall–Kier alpha value is -1.27. The summed E-state index contributed by atoms with van der Waals surface area (Å²) in [5, 5.41) is 20.1. The third-order valence-electron chi connectivity index (χ3n) is 3.12. The van der Waals surface area contributed by atoms with Crippen LogP contribution >= 0.6 is 11.8 Å². The summed E-state index contributed by atoms with van der Waals surface area (Å²) in [5.74, 6) is 2.09. The number of nitro groups is 1. The van der Waals surface area contributed by atoms with Gasteiger partial charge in [0.15, 0.2) is 0 Å². The first-order valence-corrected chi connectivity index (χ1v) is 7.01. The second-order valence-corrected chi connectivity index (χ2v) is 5.50. The van der Waals surface area contributed by atoms with E-state index in [0.717, 1.165) is 23.7 Å². The molecule has 1 aliphatic rings. The van der Waals surface area contributed by atoms with Crippen LogP contribution in [0.1, 0.15) is 12.5 Å². The van der Waals surface area contributed by atoms with E-state index in [1.807, 2.05) is 11.8 Å². The van der Waals surface area contributed by atoms with Gasteiger partial charge in [-0.1, -0.05) is 0 Å². The SMILES string of the molecule is CC1CSCCN1c1ccc([N+](=O)[O-])cc1CO. The molecule has 1 saturated heterocycles. The van der Waals surface area contributed by atoms with E-state index in [9.17, 15) is 15.2 Å². The summed E-state index contributed by atoms with van der Waals surface area (Å²) in [6, 6.07) is 5.10. The number of anilines is 1. The molecule has 0 amide bonds. The monoisotopic (exact) mass is 268 g/mol. The van der Waals surface area contributed by atoms with Crippen molar-refractivity contribution in [2.24, 2.45) is 0 Å². The molecule has 1 unspecified atom stereocenters.